The molecule has 0 atom stereocenters. The van der Waals surface area contributed by atoms with E-state index in [-0.39, 0.29) is 0 Å². The Morgan fingerprint density at radius 1 is 0.279 bits per heavy atom. The van der Waals surface area contributed by atoms with Crippen LogP contribution in [0, 0.1) is 0 Å². The van der Waals surface area contributed by atoms with Gasteiger partial charge in [0.05, 0.1) is 16.7 Å². The zero-order valence-corrected chi connectivity index (χ0v) is 36.4. The van der Waals surface area contributed by atoms with Crippen LogP contribution in [0.5, 0.6) is 0 Å². The van der Waals surface area contributed by atoms with E-state index >= 15 is 0 Å². The Kier molecular flexibility index (Phi) is 9.31. The molecule has 0 saturated carbocycles. The van der Waals surface area contributed by atoms with Gasteiger partial charge in [-0.25, -0.2) is 29.9 Å². The molecule has 0 bridgehead atoms. The van der Waals surface area contributed by atoms with Gasteiger partial charge in [-0.05, 0) is 59.7 Å². The molecule has 0 saturated heterocycles. The van der Waals surface area contributed by atoms with Gasteiger partial charge in [0.25, 0.3) is 0 Å². The number of fused-ring (bicyclic) bond motifs is 6. The molecule has 0 N–H and O–H groups in total. The third-order valence-electron chi connectivity index (χ3n) is 12.5. The molecule has 9 aromatic carbocycles. The molecular weight excluding hydrogens is 835 g/mol. The van der Waals surface area contributed by atoms with Gasteiger partial charge in [0.2, 0.25) is 0 Å². The second kappa shape index (κ2) is 16.2. The van der Waals surface area contributed by atoms with Crippen molar-refractivity contribution in [1.29, 1.82) is 0 Å². The molecule has 0 aliphatic rings. The van der Waals surface area contributed by atoms with Crippen molar-refractivity contribution in [2.24, 2.45) is 0 Å². The zero-order valence-electron chi connectivity index (χ0n) is 36.4. The number of aromatic nitrogens is 7. The van der Waals surface area contributed by atoms with Crippen LogP contribution in [0.15, 0.2) is 229 Å². The van der Waals surface area contributed by atoms with Crippen molar-refractivity contribution in [1.82, 2.24) is 34.5 Å². The van der Waals surface area contributed by atoms with Crippen molar-refractivity contribution in [2.45, 2.75) is 0 Å². The van der Waals surface area contributed by atoms with Gasteiger partial charge in [-0.2, -0.15) is 0 Å². The highest BCUT2D eigenvalue weighted by Gasteiger charge is 2.23. The lowest BCUT2D eigenvalue weighted by atomic mass is 9.99. The van der Waals surface area contributed by atoms with Crippen molar-refractivity contribution in [3.8, 4) is 85.1 Å². The van der Waals surface area contributed by atoms with Gasteiger partial charge in [-0.3, -0.25) is 0 Å². The Morgan fingerprint density at radius 2 is 0.735 bits per heavy atom. The fourth-order valence-electron chi connectivity index (χ4n) is 9.33. The molecule has 4 heterocycles. The number of furan rings is 1. The van der Waals surface area contributed by atoms with Crippen molar-refractivity contribution < 1.29 is 4.42 Å². The second-order valence-electron chi connectivity index (χ2n) is 16.7. The highest BCUT2D eigenvalue weighted by molar-refractivity contribution is 6.16. The van der Waals surface area contributed by atoms with E-state index in [1.54, 1.807) is 0 Å². The lowest BCUT2D eigenvalue weighted by Crippen LogP contribution is -2.05. The van der Waals surface area contributed by atoms with E-state index in [9.17, 15) is 0 Å². The number of nitrogens with zero attached hydrogens (tertiary/aromatic N) is 7. The van der Waals surface area contributed by atoms with E-state index in [0.717, 1.165) is 93.9 Å². The molecule has 8 heteroatoms. The number of para-hydroxylation sites is 2. The maximum absolute atomic E-state index is 6.34. The molecule has 0 unspecified atom stereocenters. The molecular formula is C60H37N7O. The molecule has 0 spiro atoms. The van der Waals surface area contributed by atoms with Crippen molar-refractivity contribution in [2.75, 3.05) is 0 Å². The lowest BCUT2D eigenvalue weighted by molar-refractivity contribution is 0.669. The predicted octanol–water partition coefficient (Wildman–Crippen LogP) is 14.7. The summed E-state index contributed by atoms with van der Waals surface area (Å²) in [6.07, 6.45) is 0. The minimum absolute atomic E-state index is 0.501. The molecule has 0 radical (unpaired) electrons. The Labute approximate surface area is 390 Å². The van der Waals surface area contributed by atoms with Gasteiger partial charge in [-0.15, -0.1) is 0 Å². The van der Waals surface area contributed by atoms with E-state index in [1.165, 1.54) is 0 Å². The van der Waals surface area contributed by atoms with E-state index in [4.69, 9.17) is 34.3 Å². The van der Waals surface area contributed by atoms with Crippen LogP contribution in [0.4, 0.5) is 0 Å². The fraction of sp³-hybridized carbons (Fsp3) is 0. The number of rotatable bonds is 8. The lowest BCUT2D eigenvalue weighted by Gasteiger charge is -2.16. The number of hydrogen-bond donors (Lipinski definition) is 0. The van der Waals surface area contributed by atoms with Crippen molar-refractivity contribution in [3.63, 3.8) is 0 Å². The van der Waals surface area contributed by atoms with Crippen LogP contribution in [-0.2, 0) is 0 Å². The van der Waals surface area contributed by atoms with Crippen LogP contribution in [0.3, 0.4) is 0 Å². The topological polar surface area (TPSA) is 95.4 Å². The summed E-state index contributed by atoms with van der Waals surface area (Å²) in [5.74, 6) is 3.21. The molecule has 0 aliphatic carbocycles. The molecule has 0 amide bonds. The Bertz CT molecular complexity index is 3960. The highest BCUT2D eigenvalue weighted by Crippen LogP contribution is 2.42. The summed E-state index contributed by atoms with van der Waals surface area (Å²) < 4.78 is 8.68. The van der Waals surface area contributed by atoms with E-state index < -0.39 is 0 Å². The molecule has 0 aliphatic heterocycles. The largest absolute Gasteiger partial charge is 0.456 e. The summed E-state index contributed by atoms with van der Waals surface area (Å²) in [5.41, 5.74) is 11.9. The standard InChI is InChI=1S/C60H37N7O/c1-5-18-38(19-6-1)44-28-17-30-51-54(44)47-27-13-15-29-49(47)67(51)50-35-33-42(36-48(50)60-65-56(40-22-9-3-10-23-40)61-57(66-60)41-24-11-4-12-25-41)58-62-55(39-20-7-2-8-21-39)63-59(64-58)43-32-34-46-45-26-14-16-31-52(45)68-53(46)37-43/h1-37H. The fourth-order valence-corrected chi connectivity index (χ4v) is 9.33. The van der Waals surface area contributed by atoms with Gasteiger partial charge in [0, 0.05) is 54.9 Å². The van der Waals surface area contributed by atoms with Crippen molar-refractivity contribution >= 4 is 43.7 Å². The average molecular weight is 872 g/mol. The summed E-state index contributed by atoms with van der Waals surface area (Å²) in [6, 6.07) is 76.5. The first-order valence-electron chi connectivity index (χ1n) is 22.5. The summed E-state index contributed by atoms with van der Waals surface area (Å²) in [7, 11) is 0. The smallest absolute Gasteiger partial charge is 0.166 e. The summed E-state index contributed by atoms with van der Waals surface area (Å²) in [4.78, 5) is 31.2. The summed E-state index contributed by atoms with van der Waals surface area (Å²) in [5, 5.41) is 4.39. The SMILES string of the molecule is c1ccc(-c2nc(-c3ccc(-n4c5ccccc5c5c(-c6ccccc6)cccc54)c(-c4nc(-c5ccccc5)nc(-c5ccccc5)n4)c3)nc(-c3ccc4c(c3)oc3ccccc34)n2)cc1. The number of benzene rings is 9. The minimum atomic E-state index is 0.501. The van der Waals surface area contributed by atoms with Crippen LogP contribution >= 0.6 is 0 Å². The normalized spacial score (nSPS) is 11.5. The second-order valence-corrected chi connectivity index (χ2v) is 16.7. The first-order valence-corrected chi connectivity index (χ1v) is 22.5. The first kappa shape index (κ1) is 39.0. The maximum Gasteiger partial charge on any atom is 0.166 e. The van der Waals surface area contributed by atoms with Crippen LogP contribution in [-0.4, -0.2) is 34.5 Å². The third-order valence-corrected chi connectivity index (χ3v) is 12.5. The minimum Gasteiger partial charge on any atom is -0.456 e. The van der Waals surface area contributed by atoms with Crippen LogP contribution in [0.25, 0.3) is 129 Å². The maximum atomic E-state index is 6.34. The highest BCUT2D eigenvalue weighted by atomic mass is 16.3. The molecule has 13 aromatic rings. The summed E-state index contributed by atoms with van der Waals surface area (Å²) in [6.45, 7) is 0. The average Bonchev–Trinajstić information content (AvgIpc) is 3.97. The van der Waals surface area contributed by atoms with Gasteiger partial charge < -0.3 is 8.98 Å². The Balaban J connectivity index is 1.08. The van der Waals surface area contributed by atoms with Crippen LogP contribution in [0.2, 0.25) is 0 Å². The van der Waals surface area contributed by atoms with Crippen molar-refractivity contribution in [3.05, 3.63) is 224 Å². The third kappa shape index (κ3) is 6.78. The summed E-state index contributed by atoms with van der Waals surface area (Å²) >= 11 is 0. The molecule has 13 rings (SSSR count). The van der Waals surface area contributed by atoms with E-state index in [1.807, 2.05) is 115 Å². The monoisotopic (exact) mass is 871 g/mol. The quantitative estimate of drug-likeness (QED) is 0.150. The zero-order chi connectivity index (χ0) is 45.0. The molecule has 0 fully saturated rings. The molecule has 68 heavy (non-hydrogen) atoms. The van der Waals surface area contributed by atoms with E-state index in [2.05, 4.69) is 114 Å². The molecule has 8 nitrogen and oxygen atoms in total. The molecule has 318 valence electrons. The number of hydrogen-bond acceptors (Lipinski definition) is 7. The van der Waals surface area contributed by atoms with Gasteiger partial charge in [0.15, 0.2) is 34.9 Å². The Morgan fingerprint density at radius 3 is 1.35 bits per heavy atom. The Hall–Kier alpha value is -9.40. The van der Waals surface area contributed by atoms with Gasteiger partial charge in [0.1, 0.15) is 11.2 Å². The molecule has 4 aromatic heterocycles. The van der Waals surface area contributed by atoms with Crippen LogP contribution < -0.4 is 0 Å². The van der Waals surface area contributed by atoms with Gasteiger partial charge in [-0.1, -0.05) is 176 Å². The van der Waals surface area contributed by atoms with Gasteiger partial charge >= 0.3 is 0 Å². The van der Waals surface area contributed by atoms with Crippen LogP contribution in [0.1, 0.15) is 0 Å². The first-order chi connectivity index (χ1) is 33.7. The predicted molar refractivity (Wildman–Crippen MR) is 273 cm³/mol. The van der Waals surface area contributed by atoms with E-state index in [0.29, 0.717) is 34.9 Å².